The zero-order valence-corrected chi connectivity index (χ0v) is 16.8. The average molecular weight is 413 g/mol. The Morgan fingerprint density at radius 1 is 1.07 bits per heavy atom. The van der Waals surface area contributed by atoms with E-state index in [1.54, 1.807) is 42.5 Å². The number of hydrogen-bond acceptors (Lipinski definition) is 7. The van der Waals surface area contributed by atoms with Gasteiger partial charge in [0.15, 0.2) is 23.4 Å². The first-order chi connectivity index (χ1) is 14.4. The first kappa shape index (κ1) is 21.2. The van der Waals surface area contributed by atoms with E-state index in [0.717, 1.165) is 0 Å². The average Bonchev–Trinajstić information content (AvgIpc) is 3.19. The van der Waals surface area contributed by atoms with E-state index in [9.17, 15) is 14.4 Å². The summed E-state index contributed by atoms with van der Waals surface area (Å²) in [4.78, 5) is 35.4. The first-order valence-electron chi connectivity index (χ1n) is 9.56. The SMILES string of the molecule is CC(=O)c1ccc(OCCCC(=O)O[C@@H](C)C(=O)Nc2ccc3c(c2)OCO3)cc1. The standard InChI is InChI=1S/C22H23NO7/c1-14(24)16-5-8-18(9-6-16)27-11-3-4-21(25)30-15(2)22(26)23-17-7-10-19-20(12-17)29-13-28-19/h5-10,12,15H,3-4,11,13H2,1-2H3,(H,23,26)/t15-/m0/s1. The lowest BCUT2D eigenvalue weighted by Gasteiger charge is -2.14. The molecule has 0 saturated heterocycles. The molecule has 0 saturated carbocycles. The lowest BCUT2D eigenvalue weighted by Crippen LogP contribution is -2.30. The molecule has 1 heterocycles. The smallest absolute Gasteiger partial charge is 0.306 e. The number of hydrogen-bond donors (Lipinski definition) is 1. The van der Waals surface area contributed by atoms with Crippen LogP contribution in [0.1, 0.15) is 37.0 Å². The molecule has 1 aliphatic heterocycles. The zero-order valence-electron chi connectivity index (χ0n) is 16.8. The molecule has 0 fully saturated rings. The molecule has 1 atom stereocenters. The van der Waals surface area contributed by atoms with E-state index in [1.165, 1.54) is 13.8 Å². The Labute approximate surface area is 174 Å². The number of ether oxygens (including phenoxy) is 4. The third-order valence-electron chi connectivity index (χ3n) is 4.37. The summed E-state index contributed by atoms with van der Waals surface area (Å²) in [5, 5.41) is 2.68. The number of Topliss-reactive ketones (excluding diaryl/α,β-unsaturated/α-hetero) is 1. The second-order valence-corrected chi connectivity index (χ2v) is 6.72. The van der Waals surface area contributed by atoms with Crippen LogP contribution < -0.4 is 19.5 Å². The van der Waals surface area contributed by atoms with Gasteiger partial charge in [0.05, 0.1) is 6.61 Å². The van der Waals surface area contributed by atoms with Crippen LogP contribution in [0.2, 0.25) is 0 Å². The van der Waals surface area contributed by atoms with Crippen molar-refractivity contribution in [3.63, 3.8) is 0 Å². The van der Waals surface area contributed by atoms with Gasteiger partial charge in [-0.3, -0.25) is 14.4 Å². The van der Waals surface area contributed by atoms with E-state index in [0.29, 0.717) is 41.5 Å². The number of amides is 1. The summed E-state index contributed by atoms with van der Waals surface area (Å²) in [6.07, 6.45) is -0.389. The molecule has 0 radical (unpaired) electrons. The fourth-order valence-electron chi connectivity index (χ4n) is 2.72. The Morgan fingerprint density at radius 2 is 1.80 bits per heavy atom. The number of anilines is 1. The van der Waals surface area contributed by atoms with Gasteiger partial charge in [0.25, 0.3) is 5.91 Å². The Morgan fingerprint density at radius 3 is 2.53 bits per heavy atom. The van der Waals surface area contributed by atoms with Gasteiger partial charge in [0, 0.05) is 23.7 Å². The molecule has 1 amide bonds. The molecule has 0 aliphatic carbocycles. The molecule has 1 aliphatic rings. The normalized spacial score (nSPS) is 12.7. The highest BCUT2D eigenvalue weighted by Crippen LogP contribution is 2.34. The molecule has 1 N–H and O–H groups in total. The second-order valence-electron chi connectivity index (χ2n) is 6.72. The summed E-state index contributed by atoms with van der Waals surface area (Å²) < 4.78 is 21.2. The Balaban J connectivity index is 1.36. The van der Waals surface area contributed by atoms with Crippen LogP contribution >= 0.6 is 0 Å². The minimum atomic E-state index is -0.942. The fourth-order valence-corrected chi connectivity index (χ4v) is 2.72. The molecular weight excluding hydrogens is 390 g/mol. The van der Waals surface area contributed by atoms with E-state index < -0.39 is 18.0 Å². The summed E-state index contributed by atoms with van der Waals surface area (Å²) in [7, 11) is 0. The number of rotatable bonds is 9. The van der Waals surface area contributed by atoms with Crippen molar-refractivity contribution in [2.45, 2.75) is 32.8 Å². The van der Waals surface area contributed by atoms with Crippen molar-refractivity contribution in [2.24, 2.45) is 0 Å². The van der Waals surface area contributed by atoms with Crippen LogP contribution in [0.4, 0.5) is 5.69 Å². The van der Waals surface area contributed by atoms with Gasteiger partial charge in [-0.05, 0) is 56.7 Å². The Bertz CT molecular complexity index is 924. The van der Waals surface area contributed by atoms with Crippen LogP contribution in [0.25, 0.3) is 0 Å². The third-order valence-corrected chi connectivity index (χ3v) is 4.37. The number of benzene rings is 2. The quantitative estimate of drug-likeness (QED) is 0.382. The lowest BCUT2D eigenvalue weighted by atomic mass is 10.1. The van der Waals surface area contributed by atoms with E-state index in [1.807, 2.05) is 0 Å². The van der Waals surface area contributed by atoms with Crippen LogP contribution in [-0.2, 0) is 14.3 Å². The maximum Gasteiger partial charge on any atom is 0.306 e. The van der Waals surface area contributed by atoms with E-state index in [2.05, 4.69) is 5.32 Å². The molecule has 0 unspecified atom stereocenters. The van der Waals surface area contributed by atoms with Gasteiger partial charge < -0.3 is 24.3 Å². The molecule has 0 spiro atoms. The second kappa shape index (κ2) is 9.78. The number of carbonyl (C=O) groups is 3. The molecule has 2 aromatic carbocycles. The number of fused-ring (bicyclic) bond motifs is 1. The van der Waals surface area contributed by atoms with Gasteiger partial charge >= 0.3 is 5.97 Å². The zero-order chi connectivity index (χ0) is 21.5. The highest BCUT2D eigenvalue weighted by molar-refractivity contribution is 5.95. The highest BCUT2D eigenvalue weighted by atomic mass is 16.7. The van der Waals surface area contributed by atoms with Crippen LogP contribution in [0, 0.1) is 0 Å². The van der Waals surface area contributed by atoms with Gasteiger partial charge in [0.2, 0.25) is 6.79 Å². The first-order valence-corrected chi connectivity index (χ1v) is 9.56. The van der Waals surface area contributed by atoms with Crippen molar-refractivity contribution in [1.29, 1.82) is 0 Å². The minimum absolute atomic E-state index is 0.0130. The van der Waals surface area contributed by atoms with Gasteiger partial charge in [0.1, 0.15) is 5.75 Å². The number of carbonyl (C=O) groups excluding carboxylic acids is 3. The largest absolute Gasteiger partial charge is 0.494 e. The van der Waals surface area contributed by atoms with Gasteiger partial charge in [-0.25, -0.2) is 0 Å². The molecule has 8 heteroatoms. The Hall–Kier alpha value is -3.55. The number of esters is 1. The minimum Gasteiger partial charge on any atom is -0.494 e. The maximum atomic E-state index is 12.2. The van der Waals surface area contributed by atoms with Crippen LogP contribution in [-0.4, -0.2) is 37.2 Å². The highest BCUT2D eigenvalue weighted by Gasteiger charge is 2.19. The predicted octanol–water partition coefficient (Wildman–Crippen LogP) is 3.35. The van der Waals surface area contributed by atoms with Crippen molar-refractivity contribution < 1.29 is 33.3 Å². The summed E-state index contributed by atoms with van der Waals surface area (Å²) in [5.41, 5.74) is 1.13. The molecule has 0 aromatic heterocycles. The van der Waals surface area contributed by atoms with E-state index in [-0.39, 0.29) is 19.0 Å². The maximum absolute atomic E-state index is 12.2. The number of ketones is 1. The van der Waals surface area contributed by atoms with Crippen LogP contribution in [0.5, 0.6) is 17.2 Å². The van der Waals surface area contributed by atoms with Crippen molar-refractivity contribution >= 4 is 23.3 Å². The summed E-state index contributed by atoms with van der Waals surface area (Å²) in [5.74, 6) is 0.839. The van der Waals surface area contributed by atoms with Crippen molar-refractivity contribution in [3.05, 3.63) is 48.0 Å². The molecule has 3 rings (SSSR count). The molecule has 30 heavy (non-hydrogen) atoms. The predicted molar refractivity (Wildman–Crippen MR) is 108 cm³/mol. The summed E-state index contributed by atoms with van der Waals surface area (Å²) in [6, 6.07) is 11.8. The van der Waals surface area contributed by atoms with Crippen molar-refractivity contribution in [1.82, 2.24) is 0 Å². The molecule has 8 nitrogen and oxygen atoms in total. The molecule has 2 aromatic rings. The fraction of sp³-hybridized carbons (Fsp3) is 0.318. The third kappa shape index (κ3) is 5.73. The Kier molecular flexibility index (Phi) is 6.90. The molecule has 0 bridgehead atoms. The van der Waals surface area contributed by atoms with Crippen LogP contribution in [0.3, 0.4) is 0 Å². The molecule has 158 valence electrons. The summed E-state index contributed by atoms with van der Waals surface area (Å²) in [6.45, 7) is 3.46. The van der Waals surface area contributed by atoms with E-state index >= 15 is 0 Å². The summed E-state index contributed by atoms with van der Waals surface area (Å²) >= 11 is 0. The lowest BCUT2D eigenvalue weighted by molar-refractivity contribution is -0.153. The topological polar surface area (TPSA) is 100 Å². The monoisotopic (exact) mass is 413 g/mol. The van der Waals surface area contributed by atoms with Gasteiger partial charge in [-0.2, -0.15) is 0 Å². The van der Waals surface area contributed by atoms with Crippen molar-refractivity contribution in [3.8, 4) is 17.2 Å². The van der Waals surface area contributed by atoms with Gasteiger partial charge in [-0.1, -0.05) is 0 Å². The number of nitrogens with one attached hydrogen (secondary N) is 1. The van der Waals surface area contributed by atoms with E-state index in [4.69, 9.17) is 18.9 Å². The van der Waals surface area contributed by atoms with Gasteiger partial charge in [-0.15, -0.1) is 0 Å². The van der Waals surface area contributed by atoms with Crippen molar-refractivity contribution in [2.75, 3.05) is 18.7 Å². The van der Waals surface area contributed by atoms with Crippen LogP contribution in [0.15, 0.2) is 42.5 Å². The molecular formula is C22H23NO7.